The zero-order valence-electron chi connectivity index (χ0n) is 9.98. The Balaban J connectivity index is 1.51. The average molecular weight is 220 g/mol. The third-order valence-corrected chi connectivity index (χ3v) is 2.79. The normalized spacial score (nSPS) is 15.1. The lowest BCUT2D eigenvalue weighted by Gasteiger charge is -2.05. The zero-order chi connectivity index (χ0) is 11.2. The van der Waals surface area contributed by atoms with Crippen LogP contribution in [0.2, 0.25) is 0 Å². The first kappa shape index (κ1) is 11.4. The quantitative estimate of drug-likeness (QED) is 0.520. The van der Waals surface area contributed by atoms with Gasteiger partial charge in [0.2, 0.25) is 5.88 Å². The fourth-order valence-corrected chi connectivity index (χ4v) is 1.62. The Hall–Kier alpha value is -1.09. The van der Waals surface area contributed by atoms with Crippen LogP contribution in [0.3, 0.4) is 0 Å². The number of hydrogen-bond donors (Lipinski definition) is 0. The van der Waals surface area contributed by atoms with Gasteiger partial charge in [0.15, 0.2) is 0 Å². The molecule has 1 saturated heterocycles. The molecular formula is C13H20N2O. The van der Waals surface area contributed by atoms with E-state index in [1.54, 1.807) is 0 Å². The predicted octanol–water partition coefficient (Wildman–Crippen LogP) is 2.25. The number of aryl methyl sites for hydroxylation is 1. The van der Waals surface area contributed by atoms with Gasteiger partial charge in [-0.1, -0.05) is 6.07 Å². The summed E-state index contributed by atoms with van der Waals surface area (Å²) in [6.07, 6.45) is 5.52. The maximum atomic E-state index is 5.56. The van der Waals surface area contributed by atoms with Crippen molar-refractivity contribution in [2.24, 2.45) is 0 Å². The van der Waals surface area contributed by atoms with Crippen molar-refractivity contribution in [3.63, 3.8) is 0 Å². The summed E-state index contributed by atoms with van der Waals surface area (Å²) < 4.78 is 5.56. The molecule has 1 fully saturated rings. The Bertz CT molecular complexity index is 306. The topological polar surface area (TPSA) is 25.1 Å². The van der Waals surface area contributed by atoms with Crippen LogP contribution in [-0.2, 0) is 0 Å². The second-order valence-electron chi connectivity index (χ2n) is 4.42. The van der Waals surface area contributed by atoms with Crippen LogP contribution in [0, 0.1) is 6.92 Å². The molecular weight excluding hydrogens is 200 g/mol. The van der Waals surface area contributed by atoms with Crippen molar-refractivity contribution in [2.45, 2.75) is 26.2 Å². The molecule has 1 aromatic heterocycles. The van der Waals surface area contributed by atoms with Crippen LogP contribution in [0.25, 0.3) is 0 Å². The van der Waals surface area contributed by atoms with Crippen LogP contribution >= 0.6 is 0 Å². The first-order valence-electron chi connectivity index (χ1n) is 6.12. The predicted molar refractivity (Wildman–Crippen MR) is 64.8 cm³/mol. The van der Waals surface area contributed by atoms with E-state index in [9.17, 15) is 0 Å². The molecule has 1 aromatic rings. The Morgan fingerprint density at radius 2 is 2.12 bits per heavy atom. The van der Waals surface area contributed by atoms with Crippen LogP contribution in [-0.4, -0.2) is 36.1 Å². The molecule has 0 spiro atoms. The zero-order valence-corrected chi connectivity index (χ0v) is 9.98. The lowest BCUT2D eigenvalue weighted by molar-refractivity contribution is 0.292. The summed E-state index contributed by atoms with van der Waals surface area (Å²) in [5.41, 5.74) is 1.17. The Morgan fingerprint density at radius 1 is 1.25 bits per heavy atom. The van der Waals surface area contributed by atoms with Crippen molar-refractivity contribution in [3.05, 3.63) is 23.9 Å². The van der Waals surface area contributed by atoms with E-state index in [1.807, 2.05) is 25.3 Å². The third-order valence-electron chi connectivity index (χ3n) is 2.79. The summed E-state index contributed by atoms with van der Waals surface area (Å²) in [6.45, 7) is 6.70. The van der Waals surface area contributed by atoms with Crippen molar-refractivity contribution in [3.8, 4) is 5.88 Å². The summed E-state index contributed by atoms with van der Waals surface area (Å²) in [7, 11) is 0. The molecule has 0 aromatic carbocycles. The minimum atomic E-state index is 0.747. The van der Waals surface area contributed by atoms with Crippen LogP contribution in [0.5, 0.6) is 5.88 Å². The number of rotatable bonds is 7. The number of ether oxygens (including phenoxy) is 1. The van der Waals surface area contributed by atoms with Crippen LogP contribution in [0.15, 0.2) is 18.3 Å². The molecule has 16 heavy (non-hydrogen) atoms. The van der Waals surface area contributed by atoms with Gasteiger partial charge in [0.05, 0.1) is 6.61 Å². The van der Waals surface area contributed by atoms with Gasteiger partial charge in [-0.25, -0.2) is 4.98 Å². The molecule has 3 heteroatoms. The number of aromatic nitrogens is 1. The van der Waals surface area contributed by atoms with Gasteiger partial charge in [0.25, 0.3) is 0 Å². The second-order valence-corrected chi connectivity index (χ2v) is 4.42. The Labute approximate surface area is 97.4 Å². The van der Waals surface area contributed by atoms with Gasteiger partial charge in [-0.05, 0) is 38.3 Å². The summed E-state index contributed by atoms with van der Waals surface area (Å²) in [4.78, 5) is 6.66. The molecule has 0 saturated carbocycles. The summed E-state index contributed by atoms with van der Waals surface area (Å²) >= 11 is 0. The molecule has 0 N–H and O–H groups in total. The molecule has 0 aliphatic carbocycles. The molecule has 0 amide bonds. The highest BCUT2D eigenvalue weighted by Crippen LogP contribution is 2.09. The van der Waals surface area contributed by atoms with Gasteiger partial charge in [0, 0.05) is 25.4 Å². The monoisotopic (exact) mass is 220 g/mol. The number of hydrogen-bond acceptors (Lipinski definition) is 3. The molecule has 3 nitrogen and oxygen atoms in total. The van der Waals surface area contributed by atoms with Crippen LogP contribution in [0.4, 0.5) is 0 Å². The molecule has 2 rings (SSSR count). The Morgan fingerprint density at radius 3 is 2.81 bits per heavy atom. The van der Waals surface area contributed by atoms with E-state index in [-0.39, 0.29) is 0 Å². The minimum absolute atomic E-state index is 0.747. The fourth-order valence-electron chi connectivity index (χ4n) is 1.62. The number of nitrogens with zero attached hydrogens (tertiary/aromatic N) is 2. The van der Waals surface area contributed by atoms with Crippen molar-refractivity contribution >= 4 is 0 Å². The average Bonchev–Trinajstić information content (AvgIpc) is 3.10. The number of unbranched alkanes of at least 4 members (excludes halogenated alkanes) is 2. The third kappa shape index (κ3) is 4.19. The van der Waals surface area contributed by atoms with E-state index in [1.165, 1.54) is 38.0 Å². The molecule has 2 heterocycles. The highest BCUT2D eigenvalue weighted by Gasteiger charge is 2.15. The van der Waals surface area contributed by atoms with Gasteiger partial charge in [0.1, 0.15) is 0 Å². The first-order chi connectivity index (χ1) is 7.84. The maximum absolute atomic E-state index is 5.56. The molecule has 0 atom stereocenters. The Kier molecular flexibility index (Phi) is 4.17. The smallest absolute Gasteiger partial charge is 0.213 e. The first-order valence-corrected chi connectivity index (χ1v) is 6.12. The molecule has 0 bridgehead atoms. The standard InChI is InChI=1S/C13H20N2O/c1-12-5-6-13(14-11-12)16-10-4-2-3-7-15-8-9-15/h5-6,11H,2-4,7-10H2,1H3. The lowest BCUT2D eigenvalue weighted by Crippen LogP contribution is -2.02. The second kappa shape index (κ2) is 5.85. The molecule has 1 aliphatic rings. The lowest BCUT2D eigenvalue weighted by atomic mass is 10.2. The molecule has 0 unspecified atom stereocenters. The van der Waals surface area contributed by atoms with E-state index in [0.29, 0.717) is 0 Å². The van der Waals surface area contributed by atoms with E-state index in [0.717, 1.165) is 18.9 Å². The van der Waals surface area contributed by atoms with Gasteiger partial charge in [-0.3, -0.25) is 0 Å². The van der Waals surface area contributed by atoms with Crippen molar-refractivity contribution < 1.29 is 4.74 Å². The minimum Gasteiger partial charge on any atom is -0.478 e. The van der Waals surface area contributed by atoms with E-state index < -0.39 is 0 Å². The summed E-state index contributed by atoms with van der Waals surface area (Å²) in [6, 6.07) is 3.97. The highest BCUT2D eigenvalue weighted by atomic mass is 16.5. The van der Waals surface area contributed by atoms with Crippen LogP contribution in [0.1, 0.15) is 24.8 Å². The SMILES string of the molecule is Cc1ccc(OCCCCCN2CC2)nc1. The van der Waals surface area contributed by atoms with Gasteiger partial charge in [-0.15, -0.1) is 0 Å². The van der Waals surface area contributed by atoms with Crippen molar-refractivity contribution in [1.82, 2.24) is 9.88 Å². The molecule has 1 aliphatic heterocycles. The van der Waals surface area contributed by atoms with E-state index >= 15 is 0 Å². The van der Waals surface area contributed by atoms with E-state index in [2.05, 4.69) is 9.88 Å². The molecule has 0 radical (unpaired) electrons. The fraction of sp³-hybridized carbons (Fsp3) is 0.615. The van der Waals surface area contributed by atoms with E-state index in [4.69, 9.17) is 4.74 Å². The van der Waals surface area contributed by atoms with Gasteiger partial charge >= 0.3 is 0 Å². The summed E-state index contributed by atoms with van der Waals surface area (Å²) in [5.74, 6) is 0.747. The number of pyridine rings is 1. The van der Waals surface area contributed by atoms with Gasteiger partial charge < -0.3 is 9.64 Å². The van der Waals surface area contributed by atoms with Gasteiger partial charge in [-0.2, -0.15) is 0 Å². The largest absolute Gasteiger partial charge is 0.478 e. The van der Waals surface area contributed by atoms with Crippen molar-refractivity contribution in [1.29, 1.82) is 0 Å². The van der Waals surface area contributed by atoms with Crippen molar-refractivity contribution in [2.75, 3.05) is 26.2 Å². The maximum Gasteiger partial charge on any atom is 0.213 e. The van der Waals surface area contributed by atoms with Crippen LogP contribution < -0.4 is 4.74 Å². The molecule has 88 valence electrons. The highest BCUT2D eigenvalue weighted by molar-refractivity contribution is 5.16. The summed E-state index contributed by atoms with van der Waals surface area (Å²) in [5, 5.41) is 0.